The van der Waals surface area contributed by atoms with E-state index in [-0.39, 0.29) is 6.61 Å². The molecule has 5 nitrogen and oxygen atoms in total. The van der Waals surface area contributed by atoms with Crippen LogP contribution in [0.25, 0.3) is 0 Å². The van der Waals surface area contributed by atoms with Crippen LogP contribution in [0.2, 0.25) is 0 Å². The Morgan fingerprint density at radius 3 is 1.26 bits per heavy atom. The summed E-state index contributed by atoms with van der Waals surface area (Å²) < 4.78 is 30.7. The average molecular weight is 355 g/mol. The van der Waals surface area contributed by atoms with Gasteiger partial charge in [-0.3, -0.25) is 4.55 Å². The summed E-state index contributed by atoms with van der Waals surface area (Å²) >= 11 is 0. The largest absolute Gasteiger partial charge is 0.397 e. The molecule has 0 saturated carbocycles. The van der Waals surface area contributed by atoms with Gasteiger partial charge in [-0.1, -0.05) is 84.0 Å². The van der Waals surface area contributed by atoms with Gasteiger partial charge in [0.1, 0.15) is 0 Å². The van der Waals surface area contributed by atoms with Crippen LogP contribution in [0.1, 0.15) is 97.3 Å². The van der Waals surface area contributed by atoms with Gasteiger partial charge in [0.25, 0.3) is 0 Å². The van der Waals surface area contributed by atoms with Crippen molar-refractivity contribution in [3.8, 4) is 0 Å². The van der Waals surface area contributed by atoms with Crippen molar-refractivity contribution in [3.63, 3.8) is 0 Å². The van der Waals surface area contributed by atoms with Gasteiger partial charge in [0.2, 0.25) is 0 Å². The van der Waals surface area contributed by atoms with Crippen LogP contribution in [-0.2, 0) is 14.6 Å². The van der Waals surface area contributed by atoms with E-state index in [0.717, 1.165) is 6.42 Å². The standard InChI is InChI=1S/C15H32O.C2H6O4S/c1-2-3-4-5-6-7-8-9-10-11-12-13-14-15-16;1-2-6-7(3,4)5/h16H,2-15H2,1H3;2H2,1H3,(H,3,4,5). The Kier molecular flexibility index (Phi) is 21.7. The second-order valence-electron chi connectivity index (χ2n) is 5.80. The van der Waals surface area contributed by atoms with Gasteiger partial charge < -0.3 is 5.11 Å². The lowest BCUT2D eigenvalue weighted by atomic mass is 10.0. The Morgan fingerprint density at radius 2 is 1.04 bits per heavy atom. The number of unbranched alkanes of at least 4 members (excludes halogenated alkanes) is 12. The highest BCUT2D eigenvalue weighted by Crippen LogP contribution is 2.12. The van der Waals surface area contributed by atoms with Crippen LogP contribution in [0.3, 0.4) is 0 Å². The summed E-state index contributed by atoms with van der Waals surface area (Å²) in [7, 11) is -4.17. The van der Waals surface area contributed by atoms with Crippen molar-refractivity contribution in [2.24, 2.45) is 0 Å². The zero-order valence-electron chi connectivity index (χ0n) is 15.1. The molecule has 0 aliphatic heterocycles. The monoisotopic (exact) mass is 354 g/mol. The molecule has 0 aromatic carbocycles. The molecule has 0 saturated heterocycles. The summed E-state index contributed by atoms with van der Waals surface area (Å²) in [5.74, 6) is 0. The zero-order chi connectivity index (χ0) is 17.8. The number of aliphatic hydroxyl groups is 1. The van der Waals surface area contributed by atoms with Crippen molar-refractivity contribution in [2.45, 2.75) is 97.3 Å². The minimum atomic E-state index is -4.17. The summed E-state index contributed by atoms with van der Waals surface area (Å²) in [6, 6.07) is 0. The van der Waals surface area contributed by atoms with Crippen LogP contribution in [0.4, 0.5) is 0 Å². The topological polar surface area (TPSA) is 83.8 Å². The van der Waals surface area contributed by atoms with Crippen molar-refractivity contribution in [2.75, 3.05) is 13.2 Å². The normalized spacial score (nSPS) is 11.1. The van der Waals surface area contributed by atoms with Crippen molar-refractivity contribution in [1.82, 2.24) is 0 Å². The van der Waals surface area contributed by atoms with Gasteiger partial charge in [-0.25, -0.2) is 4.18 Å². The van der Waals surface area contributed by atoms with Crippen LogP contribution in [-0.4, -0.2) is 31.3 Å². The first-order valence-electron chi connectivity index (χ1n) is 9.20. The van der Waals surface area contributed by atoms with E-state index in [2.05, 4.69) is 11.1 Å². The fourth-order valence-corrected chi connectivity index (χ4v) is 2.58. The lowest BCUT2D eigenvalue weighted by Gasteiger charge is -2.02. The van der Waals surface area contributed by atoms with Gasteiger partial charge in [-0.2, -0.15) is 8.42 Å². The molecule has 2 N–H and O–H groups in total. The number of aliphatic hydroxyl groups excluding tert-OH is 1. The van der Waals surface area contributed by atoms with E-state index in [1.807, 2.05) is 0 Å². The van der Waals surface area contributed by atoms with Crippen LogP contribution in [0.15, 0.2) is 0 Å². The molecule has 0 heterocycles. The molecule has 6 heteroatoms. The van der Waals surface area contributed by atoms with Crippen LogP contribution < -0.4 is 0 Å². The van der Waals surface area contributed by atoms with E-state index in [4.69, 9.17) is 9.66 Å². The molecule has 0 rings (SSSR count). The summed E-state index contributed by atoms with van der Waals surface area (Å²) in [6.07, 6.45) is 17.7. The molecule has 23 heavy (non-hydrogen) atoms. The summed E-state index contributed by atoms with van der Waals surface area (Å²) in [5, 5.41) is 8.63. The molecular formula is C17H38O5S. The SMILES string of the molecule is CCCCCCCCCCCCCCCO.CCOS(=O)(=O)O. The van der Waals surface area contributed by atoms with Crippen LogP contribution >= 0.6 is 0 Å². The first-order chi connectivity index (χ1) is 11.0. The predicted molar refractivity (Wildman–Crippen MR) is 96.0 cm³/mol. The second kappa shape index (κ2) is 19.9. The Morgan fingerprint density at radius 1 is 0.696 bits per heavy atom. The molecule has 0 aromatic heterocycles. The Balaban J connectivity index is 0. The summed E-state index contributed by atoms with van der Waals surface area (Å²) in [5.41, 5.74) is 0. The summed E-state index contributed by atoms with van der Waals surface area (Å²) in [4.78, 5) is 0. The minimum Gasteiger partial charge on any atom is -0.396 e. The molecule has 0 bridgehead atoms. The van der Waals surface area contributed by atoms with Gasteiger partial charge in [0, 0.05) is 6.61 Å². The maximum absolute atomic E-state index is 9.56. The smallest absolute Gasteiger partial charge is 0.396 e. The molecule has 0 fully saturated rings. The fourth-order valence-electron chi connectivity index (χ4n) is 2.28. The Hall–Kier alpha value is -0.170. The van der Waals surface area contributed by atoms with Gasteiger partial charge >= 0.3 is 10.4 Å². The van der Waals surface area contributed by atoms with Crippen molar-refractivity contribution >= 4 is 10.4 Å². The molecular weight excluding hydrogens is 316 g/mol. The maximum atomic E-state index is 9.56. The van der Waals surface area contributed by atoms with Crippen LogP contribution in [0.5, 0.6) is 0 Å². The zero-order valence-corrected chi connectivity index (χ0v) is 16.0. The first kappa shape index (κ1) is 25.1. The molecule has 142 valence electrons. The molecule has 0 unspecified atom stereocenters. The molecule has 0 spiro atoms. The van der Waals surface area contributed by atoms with Gasteiger partial charge in [0.05, 0.1) is 6.61 Å². The quantitative estimate of drug-likeness (QED) is 0.323. The average Bonchev–Trinajstić information content (AvgIpc) is 2.48. The third kappa shape index (κ3) is 30.3. The van der Waals surface area contributed by atoms with Crippen molar-refractivity contribution in [1.29, 1.82) is 0 Å². The van der Waals surface area contributed by atoms with E-state index in [0.29, 0.717) is 6.61 Å². The van der Waals surface area contributed by atoms with Gasteiger partial charge in [-0.05, 0) is 13.3 Å². The Labute approximate surface area is 143 Å². The second-order valence-corrected chi connectivity index (χ2v) is 6.89. The number of hydrogen-bond acceptors (Lipinski definition) is 4. The molecule has 0 aliphatic carbocycles. The van der Waals surface area contributed by atoms with E-state index < -0.39 is 10.4 Å². The number of rotatable bonds is 15. The van der Waals surface area contributed by atoms with E-state index in [1.165, 1.54) is 84.0 Å². The lowest BCUT2D eigenvalue weighted by Crippen LogP contribution is -2.01. The van der Waals surface area contributed by atoms with Gasteiger partial charge in [0.15, 0.2) is 0 Å². The highest BCUT2D eigenvalue weighted by Gasteiger charge is 1.98. The summed E-state index contributed by atoms with van der Waals surface area (Å²) in [6.45, 7) is 4.08. The third-order valence-electron chi connectivity index (χ3n) is 3.53. The van der Waals surface area contributed by atoms with Gasteiger partial charge in [-0.15, -0.1) is 0 Å². The van der Waals surface area contributed by atoms with E-state index >= 15 is 0 Å². The molecule has 0 aliphatic rings. The highest BCUT2D eigenvalue weighted by molar-refractivity contribution is 7.80. The first-order valence-corrected chi connectivity index (χ1v) is 10.6. The maximum Gasteiger partial charge on any atom is 0.397 e. The predicted octanol–water partition coefficient (Wildman–Crippen LogP) is 4.90. The third-order valence-corrected chi connectivity index (χ3v) is 4.06. The van der Waals surface area contributed by atoms with Crippen LogP contribution in [0, 0.1) is 0 Å². The highest BCUT2D eigenvalue weighted by atomic mass is 32.3. The van der Waals surface area contributed by atoms with Crippen molar-refractivity contribution < 1.29 is 22.3 Å². The number of hydrogen-bond donors (Lipinski definition) is 2. The van der Waals surface area contributed by atoms with E-state index in [9.17, 15) is 8.42 Å². The molecule has 0 radical (unpaired) electrons. The Bertz CT molecular complexity index is 290. The molecule has 0 amide bonds. The van der Waals surface area contributed by atoms with E-state index in [1.54, 1.807) is 0 Å². The molecule has 0 aromatic rings. The minimum absolute atomic E-state index is 0.0289. The van der Waals surface area contributed by atoms with Crippen molar-refractivity contribution in [3.05, 3.63) is 0 Å². The fraction of sp³-hybridized carbons (Fsp3) is 1.00. The molecule has 0 atom stereocenters. The lowest BCUT2D eigenvalue weighted by molar-refractivity contribution is 0.282.